The Kier molecular flexibility index (Phi) is 8.64. The summed E-state index contributed by atoms with van der Waals surface area (Å²) in [6, 6.07) is 0.614. The molecule has 1 aliphatic carbocycles. The van der Waals surface area contributed by atoms with E-state index in [-0.39, 0.29) is 0 Å². The second-order valence-corrected chi connectivity index (χ2v) is 5.76. The van der Waals surface area contributed by atoms with Crippen molar-refractivity contribution in [3.05, 3.63) is 0 Å². The molecule has 0 spiro atoms. The Labute approximate surface area is 113 Å². The molecule has 1 N–H and O–H groups in total. The van der Waals surface area contributed by atoms with Gasteiger partial charge in [-0.05, 0) is 37.6 Å². The summed E-state index contributed by atoms with van der Waals surface area (Å²) in [5.41, 5.74) is 0. The minimum atomic E-state index is 0.614. The zero-order chi connectivity index (χ0) is 13.2. The average molecular weight is 257 g/mol. The third-order valence-electron chi connectivity index (χ3n) is 3.90. The van der Waals surface area contributed by atoms with E-state index in [1.54, 1.807) is 7.11 Å². The van der Waals surface area contributed by atoms with Crippen molar-refractivity contribution < 1.29 is 9.47 Å². The minimum absolute atomic E-state index is 0.614. The Balaban J connectivity index is 2.05. The quantitative estimate of drug-likeness (QED) is 0.610. The molecule has 0 saturated heterocycles. The van der Waals surface area contributed by atoms with E-state index in [1.165, 1.54) is 38.6 Å². The predicted molar refractivity (Wildman–Crippen MR) is 75.9 cm³/mol. The summed E-state index contributed by atoms with van der Waals surface area (Å²) in [6.45, 7) is 8.00. The number of hydrogen-bond donors (Lipinski definition) is 1. The first-order chi connectivity index (χ1) is 8.74. The van der Waals surface area contributed by atoms with E-state index in [2.05, 4.69) is 19.2 Å². The first-order valence-corrected chi connectivity index (χ1v) is 7.54. The van der Waals surface area contributed by atoms with Crippen LogP contribution in [0, 0.1) is 11.8 Å². The van der Waals surface area contributed by atoms with Gasteiger partial charge in [-0.3, -0.25) is 0 Å². The topological polar surface area (TPSA) is 30.5 Å². The van der Waals surface area contributed by atoms with Crippen LogP contribution in [0.15, 0.2) is 0 Å². The fraction of sp³-hybridized carbons (Fsp3) is 1.00. The predicted octanol–water partition coefficient (Wildman–Crippen LogP) is 2.84. The Hall–Kier alpha value is -0.120. The molecule has 0 aromatic heterocycles. The summed E-state index contributed by atoms with van der Waals surface area (Å²) in [5, 5.41) is 3.59. The van der Waals surface area contributed by atoms with E-state index in [0.717, 1.165) is 25.0 Å². The molecule has 1 saturated carbocycles. The Bertz CT molecular complexity index is 197. The van der Waals surface area contributed by atoms with Gasteiger partial charge in [-0.2, -0.15) is 0 Å². The average Bonchev–Trinajstić information content (AvgIpc) is 2.78. The van der Waals surface area contributed by atoms with Gasteiger partial charge >= 0.3 is 0 Å². The van der Waals surface area contributed by atoms with E-state index in [9.17, 15) is 0 Å². The van der Waals surface area contributed by atoms with Gasteiger partial charge in [0.2, 0.25) is 0 Å². The SMILES string of the molecule is COCCOCCCC1CCCC1CNC(C)C. The highest BCUT2D eigenvalue weighted by Crippen LogP contribution is 2.34. The highest BCUT2D eigenvalue weighted by Gasteiger charge is 2.26. The number of hydrogen-bond acceptors (Lipinski definition) is 3. The van der Waals surface area contributed by atoms with Crippen LogP contribution in [0.2, 0.25) is 0 Å². The molecule has 1 rings (SSSR count). The number of nitrogens with one attached hydrogen (secondary N) is 1. The highest BCUT2D eigenvalue weighted by atomic mass is 16.5. The summed E-state index contributed by atoms with van der Waals surface area (Å²) < 4.78 is 10.5. The summed E-state index contributed by atoms with van der Waals surface area (Å²) in [7, 11) is 1.72. The lowest BCUT2D eigenvalue weighted by Crippen LogP contribution is -2.30. The van der Waals surface area contributed by atoms with Crippen molar-refractivity contribution in [3.8, 4) is 0 Å². The van der Waals surface area contributed by atoms with Crippen molar-refractivity contribution >= 4 is 0 Å². The standard InChI is InChI=1S/C15H31NO2/c1-13(2)16-12-15-7-4-6-14(15)8-5-9-18-11-10-17-3/h13-16H,4-12H2,1-3H3. The van der Waals surface area contributed by atoms with Gasteiger partial charge in [0.05, 0.1) is 13.2 Å². The molecule has 0 amide bonds. The van der Waals surface area contributed by atoms with E-state index in [1.807, 2.05) is 0 Å². The molecule has 0 aromatic rings. The van der Waals surface area contributed by atoms with E-state index in [4.69, 9.17) is 9.47 Å². The maximum Gasteiger partial charge on any atom is 0.0700 e. The number of rotatable bonds is 10. The molecule has 1 fully saturated rings. The van der Waals surface area contributed by atoms with E-state index in [0.29, 0.717) is 12.6 Å². The van der Waals surface area contributed by atoms with Gasteiger partial charge in [0.25, 0.3) is 0 Å². The summed E-state index contributed by atoms with van der Waals surface area (Å²) in [5.74, 6) is 1.81. The van der Waals surface area contributed by atoms with Gasteiger partial charge in [0.1, 0.15) is 0 Å². The fourth-order valence-electron chi connectivity index (χ4n) is 2.84. The van der Waals surface area contributed by atoms with Crippen LogP contribution in [0.1, 0.15) is 46.0 Å². The Morgan fingerprint density at radius 3 is 2.61 bits per heavy atom. The van der Waals surface area contributed by atoms with Crippen molar-refractivity contribution in [2.75, 3.05) is 33.5 Å². The van der Waals surface area contributed by atoms with Crippen molar-refractivity contribution in [2.24, 2.45) is 11.8 Å². The molecular weight excluding hydrogens is 226 g/mol. The van der Waals surface area contributed by atoms with Crippen molar-refractivity contribution in [2.45, 2.75) is 52.0 Å². The molecule has 2 unspecified atom stereocenters. The second kappa shape index (κ2) is 9.76. The fourth-order valence-corrected chi connectivity index (χ4v) is 2.84. The number of ether oxygens (including phenoxy) is 2. The smallest absolute Gasteiger partial charge is 0.0700 e. The lowest BCUT2D eigenvalue weighted by Gasteiger charge is -2.21. The largest absolute Gasteiger partial charge is 0.382 e. The maximum absolute atomic E-state index is 5.53. The highest BCUT2D eigenvalue weighted by molar-refractivity contribution is 4.79. The van der Waals surface area contributed by atoms with Crippen molar-refractivity contribution in [1.82, 2.24) is 5.32 Å². The first-order valence-electron chi connectivity index (χ1n) is 7.54. The molecule has 18 heavy (non-hydrogen) atoms. The van der Waals surface area contributed by atoms with Crippen molar-refractivity contribution in [1.29, 1.82) is 0 Å². The molecule has 108 valence electrons. The third-order valence-corrected chi connectivity index (χ3v) is 3.90. The molecule has 0 heterocycles. The summed E-state index contributed by atoms with van der Waals surface area (Å²) >= 11 is 0. The van der Waals surface area contributed by atoms with Crippen LogP contribution in [-0.2, 0) is 9.47 Å². The zero-order valence-corrected chi connectivity index (χ0v) is 12.4. The lowest BCUT2D eigenvalue weighted by molar-refractivity contribution is 0.0664. The third kappa shape index (κ3) is 6.72. The molecule has 2 atom stereocenters. The van der Waals surface area contributed by atoms with Crippen LogP contribution in [0.25, 0.3) is 0 Å². The van der Waals surface area contributed by atoms with E-state index >= 15 is 0 Å². The van der Waals surface area contributed by atoms with Crippen LogP contribution in [0.4, 0.5) is 0 Å². The zero-order valence-electron chi connectivity index (χ0n) is 12.4. The molecule has 0 aromatic carbocycles. The number of methoxy groups -OCH3 is 1. The molecule has 1 aliphatic rings. The monoisotopic (exact) mass is 257 g/mol. The van der Waals surface area contributed by atoms with Crippen LogP contribution in [0.5, 0.6) is 0 Å². The molecule has 0 aliphatic heterocycles. The summed E-state index contributed by atoms with van der Waals surface area (Å²) in [6.07, 6.45) is 6.78. The summed E-state index contributed by atoms with van der Waals surface area (Å²) in [4.78, 5) is 0. The van der Waals surface area contributed by atoms with Gasteiger partial charge in [0, 0.05) is 19.8 Å². The van der Waals surface area contributed by atoms with E-state index < -0.39 is 0 Å². The van der Waals surface area contributed by atoms with Crippen LogP contribution in [0.3, 0.4) is 0 Å². The molecule has 3 nitrogen and oxygen atoms in total. The molecule has 3 heteroatoms. The van der Waals surface area contributed by atoms with Crippen molar-refractivity contribution in [3.63, 3.8) is 0 Å². The molecule has 0 radical (unpaired) electrons. The maximum atomic E-state index is 5.53. The van der Waals surface area contributed by atoms with Crippen LogP contribution in [-0.4, -0.2) is 39.5 Å². The first kappa shape index (κ1) is 15.9. The minimum Gasteiger partial charge on any atom is -0.382 e. The lowest BCUT2D eigenvalue weighted by atomic mass is 9.91. The van der Waals surface area contributed by atoms with Gasteiger partial charge in [-0.25, -0.2) is 0 Å². The normalized spacial score (nSPS) is 24.0. The van der Waals surface area contributed by atoms with Crippen LogP contribution < -0.4 is 5.32 Å². The van der Waals surface area contributed by atoms with Gasteiger partial charge in [-0.1, -0.05) is 26.7 Å². The van der Waals surface area contributed by atoms with Gasteiger partial charge in [-0.15, -0.1) is 0 Å². The Morgan fingerprint density at radius 2 is 1.89 bits per heavy atom. The Morgan fingerprint density at radius 1 is 1.11 bits per heavy atom. The van der Waals surface area contributed by atoms with Gasteiger partial charge in [0.15, 0.2) is 0 Å². The molecule has 0 bridgehead atoms. The second-order valence-electron chi connectivity index (χ2n) is 5.76. The molecular formula is C15H31NO2. The van der Waals surface area contributed by atoms with Gasteiger partial charge < -0.3 is 14.8 Å². The van der Waals surface area contributed by atoms with Crippen LogP contribution >= 0.6 is 0 Å².